The van der Waals surface area contributed by atoms with Gasteiger partial charge in [-0.05, 0) is 19.2 Å². The van der Waals surface area contributed by atoms with Crippen LogP contribution in [0.3, 0.4) is 0 Å². The van der Waals surface area contributed by atoms with Gasteiger partial charge in [-0.3, -0.25) is 19.2 Å². The third-order valence-electron chi connectivity index (χ3n) is 4.80. The molecule has 176 valence electrons. The molecule has 11 nitrogen and oxygen atoms in total. The van der Waals surface area contributed by atoms with Gasteiger partial charge in [-0.1, -0.05) is 11.6 Å². The third kappa shape index (κ3) is 6.46. The van der Waals surface area contributed by atoms with E-state index in [0.29, 0.717) is 10.0 Å². The number of halogens is 1. The number of anilines is 1. The standard InChI is InChI=1S/C20H24ClN7O4S/c1-27(2)20(32)13(24-16(29)17(30)26-15-5-4-11(21)8-22-15)9-23-18(31)19-25-12-6-7-28(3)10-14(12)33-19/h4-5,8,13H,6-7,9-10H2,1-3H3,(H,23,31)(H,24,29)(H,22,26,30). The van der Waals surface area contributed by atoms with Crippen molar-refractivity contribution in [3.8, 4) is 0 Å². The van der Waals surface area contributed by atoms with Crippen molar-refractivity contribution < 1.29 is 19.2 Å². The number of aromatic nitrogens is 2. The summed E-state index contributed by atoms with van der Waals surface area (Å²) in [7, 11) is 5.01. The van der Waals surface area contributed by atoms with Crippen molar-refractivity contribution in [3.05, 3.63) is 38.9 Å². The van der Waals surface area contributed by atoms with Crippen LogP contribution in [0.4, 0.5) is 5.82 Å². The van der Waals surface area contributed by atoms with Gasteiger partial charge in [-0.25, -0.2) is 9.97 Å². The lowest BCUT2D eigenvalue weighted by molar-refractivity contribution is -0.139. The van der Waals surface area contributed by atoms with Crippen molar-refractivity contribution in [2.45, 2.75) is 19.0 Å². The van der Waals surface area contributed by atoms with E-state index >= 15 is 0 Å². The number of pyridine rings is 1. The zero-order valence-corrected chi connectivity index (χ0v) is 19.9. The van der Waals surface area contributed by atoms with E-state index in [2.05, 4.69) is 30.8 Å². The molecule has 1 atom stereocenters. The van der Waals surface area contributed by atoms with Crippen molar-refractivity contribution in [2.75, 3.05) is 39.5 Å². The highest BCUT2D eigenvalue weighted by molar-refractivity contribution is 7.13. The molecule has 1 aliphatic heterocycles. The first kappa shape index (κ1) is 24.6. The van der Waals surface area contributed by atoms with Gasteiger partial charge in [0.05, 0.1) is 10.7 Å². The van der Waals surface area contributed by atoms with Crippen LogP contribution in [0.1, 0.15) is 20.4 Å². The van der Waals surface area contributed by atoms with Crippen LogP contribution >= 0.6 is 22.9 Å². The van der Waals surface area contributed by atoms with Gasteiger partial charge in [-0.2, -0.15) is 0 Å². The summed E-state index contributed by atoms with van der Waals surface area (Å²) in [5.41, 5.74) is 0.907. The molecule has 4 amide bonds. The van der Waals surface area contributed by atoms with E-state index in [1.165, 1.54) is 48.7 Å². The average molecular weight is 494 g/mol. The fraction of sp³-hybridized carbons (Fsp3) is 0.400. The normalized spacial score (nSPS) is 14.1. The molecule has 0 aliphatic carbocycles. The van der Waals surface area contributed by atoms with Gasteiger partial charge in [0.15, 0.2) is 5.01 Å². The van der Waals surface area contributed by atoms with Gasteiger partial charge in [0.1, 0.15) is 11.9 Å². The summed E-state index contributed by atoms with van der Waals surface area (Å²) in [5.74, 6) is -2.86. The Kier molecular flexibility index (Phi) is 7.95. The van der Waals surface area contributed by atoms with Crippen molar-refractivity contribution >= 4 is 52.4 Å². The largest absolute Gasteiger partial charge is 0.347 e. The molecule has 3 heterocycles. The number of likely N-dealkylation sites (N-methyl/N-ethyl adjacent to an activating group) is 2. The topological polar surface area (TPSA) is 137 Å². The van der Waals surface area contributed by atoms with Crippen molar-refractivity contribution in [1.82, 2.24) is 30.4 Å². The Bertz CT molecular complexity index is 1060. The number of hydrogen-bond acceptors (Lipinski definition) is 8. The Labute approximate surface area is 199 Å². The van der Waals surface area contributed by atoms with Gasteiger partial charge in [0.25, 0.3) is 5.91 Å². The van der Waals surface area contributed by atoms with Gasteiger partial charge in [0.2, 0.25) is 5.91 Å². The summed E-state index contributed by atoms with van der Waals surface area (Å²) in [4.78, 5) is 62.4. The van der Waals surface area contributed by atoms with Gasteiger partial charge >= 0.3 is 11.8 Å². The Morgan fingerprint density at radius 1 is 1.24 bits per heavy atom. The fourth-order valence-electron chi connectivity index (χ4n) is 3.05. The minimum atomic E-state index is -1.15. The number of nitrogens with one attached hydrogen (secondary N) is 3. The van der Waals surface area contributed by atoms with Crippen molar-refractivity contribution in [3.63, 3.8) is 0 Å². The molecular weight excluding hydrogens is 470 g/mol. The molecule has 0 fully saturated rings. The summed E-state index contributed by atoms with van der Waals surface area (Å²) >= 11 is 7.05. The number of amides is 4. The first-order chi connectivity index (χ1) is 15.6. The molecule has 3 rings (SSSR count). The molecule has 0 saturated carbocycles. The molecular formula is C20H24ClN7O4S. The van der Waals surface area contributed by atoms with E-state index in [-0.39, 0.29) is 12.4 Å². The van der Waals surface area contributed by atoms with E-state index in [1.54, 1.807) is 0 Å². The molecule has 33 heavy (non-hydrogen) atoms. The molecule has 1 unspecified atom stereocenters. The maximum Gasteiger partial charge on any atom is 0.314 e. The number of fused-ring (bicyclic) bond motifs is 1. The summed E-state index contributed by atoms with van der Waals surface area (Å²) in [6.45, 7) is 1.39. The second kappa shape index (κ2) is 10.7. The first-order valence-electron chi connectivity index (χ1n) is 10.0. The maximum absolute atomic E-state index is 12.6. The molecule has 0 saturated heterocycles. The second-order valence-electron chi connectivity index (χ2n) is 7.66. The quantitative estimate of drug-likeness (QED) is 0.486. The highest BCUT2D eigenvalue weighted by Crippen LogP contribution is 2.24. The number of rotatable bonds is 6. The summed E-state index contributed by atoms with van der Waals surface area (Å²) in [5, 5.41) is 7.97. The number of carbonyl (C=O) groups excluding carboxylic acids is 4. The molecule has 0 aromatic carbocycles. The number of hydrogen-bond donors (Lipinski definition) is 3. The Hall–Kier alpha value is -3.09. The van der Waals surface area contributed by atoms with Crippen LogP contribution < -0.4 is 16.0 Å². The summed E-state index contributed by atoms with van der Waals surface area (Å²) in [6.07, 6.45) is 2.09. The monoisotopic (exact) mass is 493 g/mol. The zero-order chi connectivity index (χ0) is 24.1. The van der Waals surface area contributed by atoms with E-state index in [1.807, 2.05) is 7.05 Å². The van der Waals surface area contributed by atoms with Crippen molar-refractivity contribution in [1.29, 1.82) is 0 Å². The fourth-order valence-corrected chi connectivity index (χ4v) is 4.27. The van der Waals surface area contributed by atoms with E-state index < -0.39 is 29.7 Å². The predicted octanol–water partition coefficient (Wildman–Crippen LogP) is 0.121. The molecule has 2 aromatic rings. The van der Waals surface area contributed by atoms with Crippen molar-refractivity contribution in [2.24, 2.45) is 0 Å². The number of nitrogens with zero attached hydrogens (tertiary/aromatic N) is 4. The highest BCUT2D eigenvalue weighted by atomic mass is 35.5. The SMILES string of the molecule is CN1CCc2nc(C(=O)NCC(NC(=O)C(=O)Nc3ccc(Cl)cn3)C(=O)N(C)C)sc2C1. The van der Waals surface area contributed by atoms with E-state index in [9.17, 15) is 19.2 Å². The Morgan fingerprint density at radius 3 is 2.67 bits per heavy atom. The molecule has 13 heteroatoms. The van der Waals surface area contributed by atoms with Crippen LogP contribution in [0.15, 0.2) is 18.3 Å². The van der Waals surface area contributed by atoms with Gasteiger partial charge < -0.3 is 25.8 Å². The molecule has 0 radical (unpaired) electrons. The minimum Gasteiger partial charge on any atom is -0.347 e. The lowest BCUT2D eigenvalue weighted by Crippen LogP contribution is -2.54. The molecule has 3 N–H and O–H groups in total. The van der Waals surface area contributed by atoms with Crippen LogP contribution in [0.2, 0.25) is 5.02 Å². The second-order valence-corrected chi connectivity index (χ2v) is 9.18. The van der Waals surface area contributed by atoms with Crippen LogP contribution in [-0.2, 0) is 27.3 Å². The number of carbonyl (C=O) groups is 4. The minimum absolute atomic E-state index is 0.127. The molecule has 0 bridgehead atoms. The molecule has 0 spiro atoms. The summed E-state index contributed by atoms with van der Waals surface area (Å²) in [6, 6.07) is 1.78. The van der Waals surface area contributed by atoms with Gasteiger partial charge in [0, 0.05) is 51.2 Å². The number of thiazole rings is 1. The van der Waals surface area contributed by atoms with Crippen LogP contribution in [0.25, 0.3) is 0 Å². The van der Waals surface area contributed by atoms with Crippen LogP contribution in [0, 0.1) is 0 Å². The van der Waals surface area contributed by atoms with Crippen LogP contribution in [0.5, 0.6) is 0 Å². The smallest absolute Gasteiger partial charge is 0.314 e. The highest BCUT2D eigenvalue weighted by Gasteiger charge is 2.27. The first-order valence-corrected chi connectivity index (χ1v) is 11.2. The van der Waals surface area contributed by atoms with Gasteiger partial charge in [-0.15, -0.1) is 11.3 Å². The lowest BCUT2D eigenvalue weighted by atomic mass is 10.2. The molecule has 2 aromatic heterocycles. The Balaban J connectivity index is 1.61. The lowest BCUT2D eigenvalue weighted by Gasteiger charge is -2.21. The maximum atomic E-state index is 12.6. The predicted molar refractivity (Wildman–Crippen MR) is 123 cm³/mol. The molecule has 1 aliphatic rings. The van der Waals surface area contributed by atoms with E-state index in [4.69, 9.17) is 11.6 Å². The van der Waals surface area contributed by atoms with Crippen LogP contribution in [-0.4, -0.2) is 83.7 Å². The van der Waals surface area contributed by atoms with E-state index in [0.717, 1.165) is 30.1 Å². The third-order valence-corrected chi connectivity index (χ3v) is 6.11. The average Bonchev–Trinajstić information content (AvgIpc) is 3.20. The zero-order valence-electron chi connectivity index (χ0n) is 18.3. The summed E-state index contributed by atoms with van der Waals surface area (Å²) < 4.78 is 0. The Morgan fingerprint density at radius 2 is 2.00 bits per heavy atom.